The number of H-pyrrole nitrogens is 1. The molecule has 76 valence electrons. The van der Waals surface area contributed by atoms with Crippen molar-refractivity contribution in [2.45, 2.75) is 0 Å². The van der Waals surface area contributed by atoms with Crippen molar-refractivity contribution < 1.29 is 4.39 Å². The fraction of sp³-hybridized carbons (Fsp3) is 0. The number of halogens is 2. The SMILES string of the molecule is O=c1[nH]ccnc1-c1ccc(F)cc1Br. The van der Waals surface area contributed by atoms with Crippen LogP contribution in [-0.4, -0.2) is 9.97 Å². The smallest absolute Gasteiger partial charge is 0.274 e. The van der Waals surface area contributed by atoms with Gasteiger partial charge in [-0.25, -0.2) is 9.37 Å². The molecule has 5 heteroatoms. The lowest BCUT2D eigenvalue weighted by molar-refractivity contribution is 0.627. The van der Waals surface area contributed by atoms with E-state index in [2.05, 4.69) is 25.9 Å². The van der Waals surface area contributed by atoms with Crippen LogP contribution in [0, 0.1) is 5.82 Å². The number of rotatable bonds is 1. The molecular formula is C10H6BrFN2O. The van der Waals surface area contributed by atoms with E-state index >= 15 is 0 Å². The van der Waals surface area contributed by atoms with Crippen LogP contribution >= 0.6 is 15.9 Å². The molecule has 1 heterocycles. The minimum absolute atomic E-state index is 0.268. The van der Waals surface area contributed by atoms with Gasteiger partial charge in [-0.2, -0.15) is 0 Å². The molecule has 2 aromatic rings. The number of nitrogens with one attached hydrogen (secondary N) is 1. The highest BCUT2D eigenvalue weighted by atomic mass is 79.9. The van der Waals surface area contributed by atoms with Crippen molar-refractivity contribution >= 4 is 15.9 Å². The number of benzene rings is 1. The molecular weight excluding hydrogens is 263 g/mol. The third-order valence-corrected chi connectivity index (χ3v) is 2.55. The summed E-state index contributed by atoms with van der Waals surface area (Å²) in [5.74, 6) is -0.363. The molecule has 2 rings (SSSR count). The highest BCUT2D eigenvalue weighted by Crippen LogP contribution is 2.24. The standard InChI is InChI=1S/C10H6BrFN2O/c11-8-5-6(12)1-2-7(8)9-10(15)14-4-3-13-9/h1-5H,(H,14,15). The van der Waals surface area contributed by atoms with Gasteiger partial charge in [-0.15, -0.1) is 0 Å². The van der Waals surface area contributed by atoms with Crippen molar-refractivity contribution in [1.82, 2.24) is 9.97 Å². The Bertz CT molecular complexity index is 553. The lowest BCUT2D eigenvalue weighted by Crippen LogP contribution is -2.09. The van der Waals surface area contributed by atoms with Crippen LogP contribution in [0.3, 0.4) is 0 Å². The molecule has 0 aliphatic rings. The molecule has 0 atom stereocenters. The van der Waals surface area contributed by atoms with E-state index in [1.807, 2.05) is 0 Å². The fourth-order valence-corrected chi connectivity index (χ4v) is 1.76. The monoisotopic (exact) mass is 268 g/mol. The first-order valence-electron chi connectivity index (χ1n) is 4.17. The average Bonchev–Trinajstić information content (AvgIpc) is 2.20. The van der Waals surface area contributed by atoms with E-state index in [1.165, 1.54) is 30.6 Å². The molecule has 0 amide bonds. The Kier molecular flexibility index (Phi) is 2.64. The normalized spacial score (nSPS) is 10.3. The van der Waals surface area contributed by atoms with E-state index in [1.54, 1.807) is 0 Å². The van der Waals surface area contributed by atoms with Gasteiger partial charge in [-0.05, 0) is 34.1 Å². The van der Waals surface area contributed by atoms with Gasteiger partial charge < -0.3 is 4.98 Å². The first-order valence-corrected chi connectivity index (χ1v) is 4.97. The van der Waals surface area contributed by atoms with Crippen LogP contribution in [0.1, 0.15) is 0 Å². The highest BCUT2D eigenvalue weighted by molar-refractivity contribution is 9.10. The van der Waals surface area contributed by atoms with Crippen molar-refractivity contribution in [3.8, 4) is 11.3 Å². The van der Waals surface area contributed by atoms with Gasteiger partial charge in [0.2, 0.25) is 0 Å². The van der Waals surface area contributed by atoms with Crippen LogP contribution in [-0.2, 0) is 0 Å². The Morgan fingerprint density at radius 3 is 2.87 bits per heavy atom. The van der Waals surface area contributed by atoms with Crippen molar-refractivity contribution in [2.24, 2.45) is 0 Å². The molecule has 0 fully saturated rings. The predicted octanol–water partition coefficient (Wildman–Crippen LogP) is 2.34. The molecule has 1 aromatic heterocycles. The molecule has 0 radical (unpaired) electrons. The number of aromatic amines is 1. The molecule has 0 saturated carbocycles. The summed E-state index contributed by atoms with van der Waals surface area (Å²) in [5.41, 5.74) is 0.535. The zero-order chi connectivity index (χ0) is 10.8. The molecule has 0 saturated heterocycles. The van der Waals surface area contributed by atoms with Crippen molar-refractivity contribution in [1.29, 1.82) is 0 Å². The van der Waals surface area contributed by atoms with E-state index in [9.17, 15) is 9.18 Å². The summed E-state index contributed by atoms with van der Waals surface area (Å²) in [4.78, 5) is 17.9. The second kappa shape index (κ2) is 3.94. The Labute approximate surface area is 93.1 Å². The van der Waals surface area contributed by atoms with Crippen molar-refractivity contribution in [3.63, 3.8) is 0 Å². The van der Waals surface area contributed by atoms with Gasteiger partial charge in [0.05, 0.1) is 0 Å². The van der Waals surface area contributed by atoms with Crippen LogP contribution in [0.5, 0.6) is 0 Å². The molecule has 0 unspecified atom stereocenters. The average molecular weight is 269 g/mol. The van der Waals surface area contributed by atoms with Gasteiger partial charge >= 0.3 is 0 Å². The van der Waals surface area contributed by atoms with Crippen LogP contribution in [0.15, 0.2) is 39.9 Å². The van der Waals surface area contributed by atoms with E-state index in [0.29, 0.717) is 10.0 Å². The Morgan fingerprint density at radius 2 is 2.20 bits per heavy atom. The fourth-order valence-electron chi connectivity index (χ4n) is 1.23. The molecule has 15 heavy (non-hydrogen) atoms. The highest BCUT2D eigenvalue weighted by Gasteiger charge is 2.08. The van der Waals surface area contributed by atoms with Crippen LogP contribution < -0.4 is 5.56 Å². The maximum Gasteiger partial charge on any atom is 0.274 e. The van der Waals surface area contributed by atoms with Gasteiger partial charge in [0, 0.05) is 22.4 Å². The largest absolute Gasteiger partial charge is 0.326 e. The second-order valence-electron chi connectivity index (χ2n) is 2.89. The topological polar surface area (TPSA) is 45.8 Å². The van der Waals surface area contributed by atoms with E-state index in [-0.39, 0.29) is 17.1 Å². The van der Waals surface area contributed by atoms with Gasteiger partial charge in [-0.1, -0.05) is 0 Å². The van der Waals surface area contributed by atoms with Crippen LogP contribution in [0.2, 0.25) is 0 Å². The molecule has 1 N–H and O–H groups in total. The van der Waals surface area contributed by atoms with Crippen LogP contribution in [0.4, 0.5) is 4.39 Å². The second-order valence-corrected chi connectivity index (χ2v) is 3.75. The molecule has 1 aromatic carbocycles. The van der Waals surface area contributed by atoms with E-state index in [0.717, 1.165) is 0 Å². The number of hydrogen-bond acceptors (Lipinski definition) is 2. The minimum atomic E-state index is -0.363. The third-order valence-electron chi connectivity index (χ3n) is 1.89. The van der Waals surface area contributed by atoms with Gasteiger partial charge in [0.25, 0.3) is 5.56 Å². The first-order chi connectivity index (χ1) is 7.18. The maximum atomic E-state index is 12.8. The summed E-state index contributed by atoms with van der Waals surface area (Å²) in [6.07, 6.45) is 2.93. The molecule has 0 aliphatic carbocycles. The van der Waals surface area contributed by atoms with E-state index in [4.69, 9.17) is 0 Å². The Balaban J connectivity index is 2.65. The summed E-state index contributed by atoms with van der Waals surface area (Å²) in [6.45, 7) is 0. The summed E-state index contributed by atoms with van der Waals surface area (Å²) >= 11 is 3.19. The van der Waals surface area contributed by atoms with Gasteiger partial charge in [0.15, 0.2) is 0 Å². The molecule has 3 nitrogen and oxygen atoms in total. The zero-order valence-corrected chi connectivity index (χ0v) is 9.08. The van der Waals surface area contributed by atoms with Crippen molar-refractivity contribution in [2.75, 3.05) is 0 Å². The van der Waals surface area contributed by atoms with Gasteiger partial charge in [0.1, 0.15) is 11.5 Å². The van der Waals surface area contributed by atoms with E-state index < -0.39 is 0 Å². The summed E-state index contributed by atoms with van der Waals surface area (Å²) < 4.78 is 13.3. The molecule has 0 bridgehead atoms. The third kappa shape index (κ3) is 1.97. The zero-order valence-electron chi connectivity index (χ0n) is 7.50. The first kappa shape index (κ1) is 10.0. The number of hydrogen-bond donors (Lipinski definition) is 1. The minimum Gasteiger partial charge on any atom is -0.326 e. The summed E-state index contributed by atoms with van der Waals surface area (Å²) in [7, 11) is 0. The maximum absolute atomic E-state index is 12.8. The van der Waals surface area contributed by atoms with Crippen LogP contribution in [0.25, 0.3) is 11.3 Å². The van der Waals surface area contributed by atoms with Gasteiger partial charge in [-0.3, -0.25) is 4.79 Å². The quantitative estimate of drug-likeness (QED) is 0.863. The summed E-state index contributed by atoms with van der Waals surface area (Å²) in [5, 5.41) is 0. The Morgan fingerprint density at radius 1 is 1.40 bits per heavy atom. The summed E-state index contributed by atoms with van der Waals surface area (Å²) in [6, 6.07) is 4.09. The molecule has 0 spiro atoms. The van der Waals surface area contributed by atoms with Crippen molar-refractivity contribution in [3.05, 3.63) is 51.2 Å². The lowest BCUT2D eigenvalue weighted by atomic mass is 10.1. The molecule has 0 aliphatic heterocycles. The Hall–Kier alpha value is -1.49. The lowest BCUT2D eigenvalue weighted by Gasteiger charge is -2.01. The predicted molar refractivity (Wildman–Crippen MR) is 58.0 cm³/mol. The number of nitrogens with zero attached hydrogens (tertiary/aromatic N) is 1. The number of aromatic nitrogens is 2.